The summed E-state index contributed by atoms with van der Waals surface area (Å²) < 4.78 is 1.15. The number of nitrogens with zero attached hydrogens (tertiary/aromatic N) is 1. The Bertz CT molecular complexity index is 290. The van der Waals surface area contributed by atoms with Gasteiger partial charge in [0, 0.05) is 21.9 Å². The maximum Gasteiger partial charge on any atom is 0.107 e. The summed E-state index contributed by atoms with van der Waals surface area (Å²) in [7, 11) is 0. The van der Waals surface area contributed by atoms with Crippen LogP contribution in [0.25, 0.3) is 0 Å². The van der Waals surface area contributed by atoms with Gasteiger partial charge < -0.3 is 5.32 Å². The van der Waals surface area contributed by atoms with Gasteiger partial charge in [0.15, 0.2) is 0 Å². The van der Waals surface area contributed by atoms with Gasteiger partial charge in [-0.15, -0.1) is 11.3 Å². The summed E-state index contributed by atoms with van der Waals surface area (Å²) in [6, 6.07) is 0.593. The van der Waals surface area contributed by atoms with Crippen molar-refractivity contribution in [2.24, 2.45) is 5.92 Å². The zero-order chi connectivity index (χ0) is 11.4. The molecule has 0 aliphatic rings. The monoisotopic (exact) mass is 338 g/mol. The van der Waals surface area contributed by atoms with E-state index in [1.54, 1.807) is 11.3 Å². The summed E-state index contributed by atoms with van der Waals surface area (Å²) in [5.41, 5.74) is 1.17. The van der Waals surface area contributed by atoms with Crippen LogP contribution < -0.4 is 5.32 Å². The Morgan fingerprint density at radius 2 is 2.07 bits per heavy atom. The average molecular weight is 338 g/mol. The van der Waals surface area contributed by atoms with Crippen molar-refractivity contribution in [1.82, 2.24) is 10.3 Å². The highest BCUT2D eigenvalue weighted by Gasteiger charge is 2.12. The zero-order valence-electron chi connectivity index (χ0n) is 9.80. The first-order chi connectivity index (χ1) is 7.04. The standard InChI is InChI=1S/C11H19IN2S/c1-7(2)10(5-12)13-6-11-14-8(3)9(4)15-11/h7,10,13H,5-6H2,1-4H3. The van der Waals surface area contributed by atoms with E-state index in [2.05, 4.69) is 60.6 Å². The molecule has 0 bridgehead atoms. The maximum absolute atomic E-state index is 4.53. The third kappa shape index (κ3) is 4.00. The van der Waals surface area contributed by atoms with Crippen molar-refractivity contribution in [3.05, 3.63) is 15.6 Å². The van der Waals surface area contributed by atoms with E-state index in [9.17, 15) is 0 Å². The lowest BCUT2D eigenvalue weighted by atomic mass is 10.1. The molecule has 0 spiro atoms. The van der Waals surface area contributed by atoms with E-state index >= 15 is 0 Å². The molecule has 1 aromatic rings. The Kier molecular flexibility index (Phi) is 5.49. The van der Waals surface area contributed by atoms with Crippen LogP contribution in [0.2, 0.25) is 0 Å². The van der Waals surface area contributed by atoms with Gasteiger partial charge in [-0.1, -0.05) is 36.4 Å². The highest BCUT2D eigenvalue weighted by Crippen LogP contribution is 2.16. The van der Waals surface area contributed by atoms with E-state index in [-0.39, 0.29) is 0 Å². The summed E-state index contributed by atoms with van der Waals surface area (Å²) in [5.74, 6) is 0.684. The van der Waals surface area contributed by atoms with Crippen LogP contribution in [-0.2, 0) is 6.54 Å². The molecule has 1 rings (SSSR count). The molecule has 1 heterocycles. The highest BCUT2D eigenvalue weighted by molar-refractivity contribution is 14.1. The molecule has 1 atom stereocenters. The van der Waals surface area contributed by atoms with Crippen molar-refractivity contribution in [2.75, 3.05) is 4.43 Å². The lowest BCUT2D eigenvalue weighted by molar-refractivity contribution is 0.436. The maximum atomic E-state index is 4.53. The number of rotatable bonds is 5. The first kappa shape index (κ1) is 13.4. The van der Waals surface area contributed by atoms with Gasteiger partial charge in [0.1, 0.15) is 5.01 Å². The zero-order valence-corrected chi connectivity index (χ0v) is 12.8. The minimum atomic E-state index is 0.593. The van der Waals surface area contributed by atoms with E-state index < -0.39 is 0 Å². The van der Waals surface area contributed by atoms with Crippen molar-refractivity contribution in [3.8, 4) is 0 Å². The first-order valence-electron chi connectivity index (χ1n) is 5.26. The van der Waals surface area contributed by atoms with Crippen LogP contribution >= 0.6 is 33.9 Å². The molecule has 0 amide bonds. The van der Waals surface area contributed by atoms with Crippen molar-refractivity contribution in [2.45, 2.75) is 40.3 Å². The smallest absolute Gasteiger partial charge is 0.107 e. The summed E-state index contributed by atoms with van der Waals surface area (Å²) in [5, 5.41) is 4.77. The van der Waals surface area contributed by atoms with Crippen LogP contribution in [0.1, 0.15) is 29.4 Å². The minimum Gasteiger partial charge on any atom is -0.307 e. The van der Waals surface area contributed by atoms with E-state index in [0.717, 1.165) is 11.0 Å². The van der Waals surface area contributed by atoms with Crippen LogP contribution in [0, 0.1) is 19.8 Å². The number of alkyl halides is 1. The fourth-order valence-corrected chi connectivity index (χ4v) is 3.51. The normalized spacial score (nSPS) is 13.5. The van der Waals surface area contributed by atoms with E-state index in [1.807, 2.05) is 0 Å². The number of aryl methyl sites for hydroxylation is 2. The second kappa shape index (κ2) is 6.15. The molecular formula is C11H19IN2S. The number of hydrogen-bond acceptors (Lipinski definition) is 3. The Labute approximate surface area is 110 Å². The summed E-state index contributed by atoms with van der Waals surface area (Å²) in [6.45, 7) is 9.64. The summed E-state index contributed by atoms with van der Waals surface area (Å²) in [4.78, 5) is 5.86. The number of thiazole rings is 1. The molecule has 0 saturated heterocycles. The van der Waals surface area contributed by atoms with Gasteiger partial charge in [-0.25, -0.2) is 4.98 Å². The molecule has 2 nitrogen and oxygen atoms in total. The summed E-state index contributed by atoms with van der Waals surface area (Å²) >= 11 is 4.24. The second-order valence-corrected chi connectivity index (χ2v) is 6.30. The molecule has 0 fully saturated rings. The lowest BCUT2D eigenvalue weighted by Gasteiger charge is -2.19. The van der Waals surface area contributed by atoms with Gasteiger partial charge in [-0.2, -0.15) is 0 Å². The Morgan fingerprint density at radius 1 is 1.40 bits per heavy atom. The van der Waals surface area contributed by atoms with Gasteiger partial charge >= 0.3 is 0 Å². The molecule has 0 aromatic carbocycles. The topological polar surface area (TPSA) is 24.9 Å². The second-order valence-electron chi connectivity index (χ2n) is 4.13. The van der Waals surface area contributed by atoms with Crippen molar-refractivity contribution >= 4 is 33.9 Å². The average Bonchev–Trinajstić information content (AvgIpc) is 2.47. The summed E-state index contributed by atoms with van der Waals surface area (Å²) in [6.07, 6.45) is 0. The molecule has 0 aliphatic carbocycles. The molecule has 0 saturated carbocycles. The van der Waals surface area contributed by atoms with Crippen molar-refractivity contribution in [3.63, 3.8) is 0 Å². The number of nitrogens with one attached hydrogen (secondary N) is 1. The van der Waals surface area contributed by atoms with Gasteiger partial charge in [-0.3, -0.25) is 0 Å². The molecule has 86 valence electrons. The van der Waals surface area contributed by atoms with Crippen LogP contribution in [-0.4, -0.2) is 15.5 Å². The van der Waals surface area contributed by atoms with Gasteiger partial charge in [-0.05, 0) is 19.8 Å². The van der Waals surface area contributed by atoms with Crippen LogP contribution in [0.5, 0.6) is 0 Å². The van der Waals surface area contributed by atoms with E-state index in [4.69, 9.17) is 0 Å². The molecular weight excluding hydrogens is 319 g/mol. The number of aromatic nitrogens is 1. The SMILES string of the molecule is Cc1nc(CNC(CI)C(C)C)sc1C. The predicted octanol–water partition coefficient (Wildman–Crippen LogP) is 3.31. The van der Waals surface area contributed by atoms with E-state index in [1.165, 1.54) is 15.6 Å². The molecule has 1 unspecified atom stereocenters. The molecule has 0 radical (unpaired) electrons. The van der Waals surface area contributed by atoms with Gasteiger partial charge in [0.25, 0.3) is 0 Å². The van der Waals surface area contributed by atoms with E-state index in [0.29, 0.717) is 12.0 Å². The molecule has 4 heteroatoms. The number of hydrogen-bond donors (Lipinski definition) is 1. The first-order valence-corrected chi connectivity index (χ1v) is 7.61. The number of halogens is 1. The molecule has 1 aromatic heterocycles. The quantitative estimate of drug-likeness (QED) is 0.658. The highest BCUT2D eigenvalue weighted by atomic mass is 127. The largest absolute Gasteiger partial charge is 0.307 e. The van der Waals surface area contributed by atoms with Crippen molar-refractivity contribution in [1.29, 1.82) is 0 Å². The fourth-order valence-electron chi connectivity index (χ4n) is 1.30. The van der Waals surface area contributed by atoms with Gasteiger partial charge in [0.05, 0.1) is 5.69 Å². The molecule has 15 heavy (non-hydrogen) atoms. The lowest BCUT2D eigenvalue weighted by Crippen LogP contribution is -2.34. The third-order valence-corrected chi connectivity index (χ3v) is 4.58. The van der Waals surface area contributed by atoms with Crippen molar-refractivity contribution < 1.29 is 0 Å². The Balaban J connectivity index is 2.49. The van der Waals surface area contributed by atoms with Crippen LogP contribution in [0.15, 0.2) is 0 Å². The fraction of sp³-hybridized carbons (Fsp3) is 0.727. The Morgan fingerprint density at radius 3 is 2.47 bits per heavy atom. The Hall–Kier alpha value is 0.320. The third-order valence-electron chi connectivity index (χ3n) is 2.56. The minimum absolute atomic E-state index is 0.593. The van der Waals surface area contributed by atoms with Crippen LogP contribution in [0.3, 0.4) is 0 Å². The van der Waals surface area contributed by atoms with Gasteiger partial charge in [0.2, 0.25) is 0 Å². The predicted molar refractivity (Wildman–Crippen MR) is 75.9 cm³/mol. The molecule has 1 N–H and O–H groups in total. The molecule has 0 aliphatic heterocycles. The van der Waals surface area contributed by atoms with Crippen LogP contribution in [0.4, 0.5) is 0 Å².